The van der Waals surface area contributed by atoms with Crippen LogP contribution >= 0.6 is 0 Å². The number of ether oxygens (including phenoxy) is 1. The largest absolute Gasteiger partial charge is 0.507 e. The van der Waals surface area contributed by atoms with Gasteiger partial charge in [-0.25, -0.2) is 4.39 Å². The summed E-state index contributed by atoms with van der Waals surface area (Å²) < 4.78 is 18.4. The zero-order valence-electron chi connectivity index (χ0n) is 10.9. The fourth-order valence-corrected chi connectivity index (χ4v) is 2.12. The predicted molar refractivity (Wildman–Crippen MR) is 68.6 cm³/mol. The fraction of sp³-hybridized carbons (Fsp3) is 0.500. The molecule has 0 unspecified atom stereocenters. The molecule has 0 aliphatic carbocycles. The molecule has 1 aliphatic heterocycles. The molecule has 4 nitrogen and oxygen atoms in total. The maximum atomic E-state index is 13.1. The molecule has 0 radical (unpaired) electrons. The third-order valence-corrected chi connectivity index (χ3v) is 3.58. The Hall–Kier alpha value is -1.62. The summed E-state index contributed by atoms with van der Waals surface area (Å²) >= 11 is 0. The topological polar surface area (TPSA) is 58.6 Å². The first-order valence-corrected chi connectivity index (χ1v) is 6.35. The summed E-state index contributed by atoms with van der Waals surface area (Å²) in [5, 5.41) is 12.3. The molecule has 5 heteroatoms. The first-order chi connectivity index (χ1) is 9.00. The Morgan fingerprint density at radius 3 is 2.84 bits per heavy atom. The van der Waals surface area contributed by atoms with Crippen molar-refractivity contribution >= 4 is 5.91 Å². The molecule has 2 N–H and O–H groups in total. The van der Waals surface area contributed by atoms with Crippen LogP contribution in [-0.4, -0.2) is 30.8 Å². The van der Waals surface area contributed by atoms with Gasteiger partial charge in [0.25, 0.3) is 5.91 Å². The molecule has 104 valence electrons. The van der Waals surface area contributed by atoms with E-state index in [4.69, 9.17) is 4.74 Å². The van der Waals surface area contributed by atoms with E-state index in [9.17, 15) is 14.3 Å². The van der Waals surface area contributed by atoms with Crippen LogP contribution in [0.25, 0.3) is 0 Å². The summed E-state index contributed by atoms with van der Waals surface area (Å²) in [6.45, 7) is 3.96. The molecule has 2 rings (SSSR count). The maximum absolute atomic E-state index is 13.1. The number of hydrogen-bond acceptors (Lipinski definition) is 3. The van der Waals surface area contributed by atoms with Gasteiger partial charge in [-0.3, -0.25) is 4.79 Å². The van der Waals surface area contributed by atoms with Crippen molar-refractivity contribution < 1.29 is 19.0 Å². The van der Waals surface area contributed by atoms with E-state index in [2.05, 4.69) is 12.2 Å². The fourth-order valence-electron chi connectivity index (χ4n) is 2.12. The zero-order chi connectivity index (χ0) is 13.9. The minimum Gasteiger partial charge on any atom is -0.507 e. The lowest BCUT2D eigenvalue weighted by Gasteiger charge is -2.33. The monoisotopic (exact) mass is 267 g/mol. The first-order valence-electron chi connectivity index (χ1n) is 6.35. The van der Waals surface area contributed by atoms with Crippen molar-refractivity contribution in [2.24, 2.45) is 5.41 Å². The molecule has 19 heavy (non-hydrogen) atoms. The van der Waals surface area contributed by atoms with Gasteiger partial charge in [-0.05, 0) is 36.5 Å². The Morgan fingerprint density at radius 1 is 1.47 bits per heavy atom. The standard InChI is InChI=1S/C14H18FNO3/c1-14(4-6-19-7-5-14)9-16-13(18)11-8-10(15)2-3-12(11)17/h2-3,8,17H,4-7,9H2,1H3,(H,16,18). The van der Waals surface area contributed by atoms with E-state index >= 15 is 0 Å². The molecule has 0 spiro atoms. The van der Waals surface area contributed by atoms with Crippen LogP contribution in [0.3, 0.4) is 0 Å². The molecule has 1 amide bonds. The second-order valence-electron chi connectivity index (χ2n) is 5.27. The second-order valence-corrected chi connectivity index (χ2v) is 5.27. The smallest absolute Gasteiger partial charge is 0.255 e. The lowest BCUT2D eigenvalue weighted by molar-refractivity contribution is 0.0238. The lowest BCUT2D eigenvalue weighted by atomic mass is 9.82. The van der Waals surface area contributed by atoms with Gasteiger partial charge < -0.3 is 15.2 Å². The zero-order valence-corrected chi connectivity index (χ0v) is 10.9. The SMILES string of the molecule is CC1(CNC(=O)c2cc(F)ccc2O)CCOCC1. The molecule has 0 aromatic heterocycles. The Kier molecular flexibility index (Phi) is 4.04. The minimum absolute atomic E-state index is 0.00312. The van der Waals surface area contributed by atoms with E-state index in [0.29, 0.717) is 19.8 Å². The number of hydrogen-bond donors (Lipinski definition) is 2. The normalized spacial score (nSPS) is 18.0. The van der Waals surface area contributed by atoms with Gasteiger partial charge in [0.05, 0.1) is 5.56 Å². The van der Waals surface area contributed by atoms with Crippen LogP contribution in [0.5, 0.6) is 5.75 Å². The number of carbonyl (C=O) groups excluding carboxylic acids is 1. The molecular weight excluding hydrogens is 249 g/mol. The van der Waals surface area contributed by atoms with Gasteiger partial charge in [-0.2, -0.15) is 0 Å². The van der Waals surface area contributed by atoms with Crippen LogP contribution in [0.15, 0.2) is 18.2 Å². The summed E-state index contributed by atoms with van der Waals surface area (Å²) in [4.78, 5) is 11.9. The predicted octanol–water partition coefficient (Wildman–Crippen LogP) is 2.08. The molecule has 0 atom stereocenters. The van der Waals surface area contributed by atoms with Gasteiger partial charge in [-0.15, -0.1) is 0 Å². The number of amides is 1. The molecule has 1 aromatic rings. The van der Waals surface area contributed by atoms with Crippen LogP contribution in [-0.2, 0) is 4.74 Å². The van der Waals surface area contributed by atoms with Crippen LogP contribution in [0, 0.1) is 11.2 Å². The molecule has 1 aromatic carbocycles. The van der Waals surface area contributed by atoms with E-state index in [0.717, 1.165) is 25.0 Å². The van der Waals surface area contributed by atoms with Crippen molar-refractivity contribution in [2.45, 2.75) is 19.8 Å². The van der Waals surface area contributed by atoms with Crippen LogP contribution < -0.4 is 5.32 Å². The van der Waals surface area contributed by atoms with Crippen LogP contribution in [0.2, 0.25) is 0 Å². The maximum Gasteiger partial charge on any atom is 0.255 e. The summed E-state index contributed by atoms with van der Waals surface area (Å²) in [5.41, 5.74) is -0.0349. The molecule has 0 saturated carbocycles. The highest BCUT2D eigenvalue weighted by atomic mass is 19.1. The van der Waals surface area contributed by atoms with Crippen molar-refractivity contribution in [3.05, 3.63) is 29.6 Å². The summed E-state index contributed by atoms with van der Waals surface area (Å²) in [6, 6.07) is 3.34. The van der Waals surface area contributed by atoms with Crippen LogP contribution in [0.1, 0.15) is 30.1 Å². The van der Waals surface area contributed by atoms with Crippen LogP contribution in [0.4, 0.5) is 4.39 Å². The number of halogens is 1. The van der Waals surface area contributed by atoms with Crippen molar-refractivity contribution in [1.82, 2.24) is 5.32 Å². The third-order valence-electron chi connectivity index (χ3n) is 3.58. The van der Waals surface area contributed by atoms with Gasteiger partial charge in [-0.1, -0.05) is 6.92 Å². The van der Waals surface area contributed by atoms with Crippen molar-refractivity contribution in [2.75, 3.05) is 19.8 Å². The van der Waals surface area contributed by atoms with E-state index in [1.165, 1.54) is 6.07 Å². The number of benzene rings is 1. The second kappa shape index (κ2) is 5.57. The Balaban J connectivity index is 1.99. The quantitative estimate of drug-likeness (QED) is 0.881. The Morgan fingerprint density at radius 2 is 2.16 bits per heavy atom. The number of phenolic OH excluding ortho intramolecular Hbond substituents is 1. The third kappa shape index (κ3) is 3.44. The summed E-state index contributed by atoms with van der Waals surface area (Å²) in [5.74, 6) is -1.21. The van der Waals surface area contributed by atoms with Crippen molar-refractivity contribution in [1.29, 1.82) is 0 Å². The highest BCUT2D eigenvalue weighted by Gasteiger charge is 2.28. The van der Waals surface area contributed by atoms with Gasteiger partial charge in [0, 0.05) is 19.8 Å². The number of carbonyl (C=O) groups is 1. The Labute approximate surface area is 111 Å². The van der Waals surface area contributed by atoms with E-state index in [-0.39, 0.29) is 16.7 Å². The summed E-state index contributed by atoms with van der Waals surface area (Å²) in [6.07, 6.45) is 1.75. The number of rotatable bonds is 3. The average Bonchev–Trinajstić information content (AvgIpc) is 2.40. The van der Waals surface area contributed by atoms with Gasteiger partial charge in [0.15, 0.2) is 0 Å². The van der Waals surface area contributed by atoms with Crippen molar-refractivity contribution in [3.63, 3.8) is 0 Å². The molecule has 0 bridgehead atoms. The van der Waals surface area contributed by atoms with E-state index in [1.54, 1.807) is 0 Å². The molecule has 1 heterocycles. The molecule has 1 fully saturated rings. The molecule has 1 aliphatic rings. The van der Waals surface area contributed by atoms with Gasteiger partial charge >= 0.3 is 0 Å². The number of aromatic hydroxyl groups is 1. The highest BCUT2D eigenvalue weighted by molar-refractivity contribution is 5.96. The van der Waals surface area contributed by atoms with Gasteiger partial charge in [0.1, 0.15) is 11.6 Å². The van der Waals surface area contributed by atoms with Gasteiger partial charge in [0.2, 0.25) is 0 Å². The number of nitrogens with one attached hydrogen (secondary N) is 1. The Bertz CT molecular complexity index is 470. The minimum atomic E-state index is -0.541. The van der Waals surface area contributed by atoms with Crippen molar-refractivity contribution in [3.8, 4) is 5.75 Å². The summed E-state index contributed by atoms with van der Waals surface area (Å²) in [7, 11) is 0. The number of phenols is 1. The lowest BCUT2D eigenvalue weighted by Crippen LogP contribution is -2.39. The van der Waals surface area contributed by atoms with E-state index < -0.39 is 11.7 Å². The highest BCUT2D eigenvalue weighted by Crippen LogP contribution is 2.29. The average molecular weight is 267 g/mol. The van der Waals surface area contributed by atoms with E-state index in [1.807, 2.05) is 0 Å². The first kappa shape index (κ1) is 13.8. The molecule has 1 saturated heterocycles. The molecular formula is C14H18FNO3.